The topological polar surface area (TPSA) is 49.7 Å². The Morgan fingerprint density at radius 1 is 1.69 bits per heavy atom. The molecule has 1 unspecified atom stereocenters. The fourth-order valence-corrected chi connectivity index (χ4v) is 2.78. The predicted molar refractivity (Wildman–Crippen MR) is 55.8 cm³/mol. The molecule has 0 radical (unpaired) electrons. The summed E-state index contributed by atoms with van der Waals surface area (Å²) in [6.07, 6.45) is 2.64. The van der Waals surface area contributed by atoms with E-state index in [1.54, 1.807) is 11.8 Å². The third kappa shape index (κ3) is 1.89. The summed E-state index contributed by atoms with van der Waals surface area (Å²) in [5.74, 6) is -0.258. The number of aliphatic imine (C=N–C) groups is 1. The van der Waals surface area contributed by atoms with E-state index in [4.69, 9.17) is 5.11 Å². The first-order valence-corrected chi connectivity index (χ1v) is 4.86. The number of carboxylic acid groups (broad SMARTS) is 1. The first kappa shape index (κ1) is 10.6. The summed E-state index contributed by atoms with van der Waals surface area (Å²) in [7, 11) is 0. The van der Waals surface area contributed by atoms with E-state index in [0.717, 1.165) is 23.4 Å². The van der Waals surface area contributed by atoms with E-state index in [2.05, 4.69) is 4.99 Å². The zero-order valence-electron chi connectivity index (χ0n) is 6.90. The molecular formula is C8H10ClNO2S. The van der Waals surface area contributed by atoms with E-state index in [0.29, 0.717) is 5.75 Å². The van der Waals surface area contributed by atoms with Crippen LogP contribution >= 0.6 is 24.2 Å². The number of nitrogens with zero attached hydrogens (tertiary/aromatic N) is 1. The van der Waals surface area contributed by atoms with E-state index < -0.39 is 5.97 Å². The van der Waals surface area contributed by atoms with Crippen molar-refractivity contribution in [2.24, 2.45) is 10.9 Å². The molecule has 13 heavy (non-hydrogen) atoms. The van der Waals surface area contributed by atoms with Crippen LogP contribution in [0.5, 0.6) is 0 Å². The van der Waals surface area contributed by atoms with Crippen LogP contribution in [-0.2, 0) is 4.79 Å². The molecule has 0 aliphatic carbocycles. The average Bonchev–Trinajstić information content (AvgIpc) is 2.47. The average molecular weight is 220 g/mol. The van der Waals surface area contributed by atoms with Gasteiger partial charge in [0.15, 0.2) is 0 Å². The fourth-order valence-electron chi connectivity index (χ4n) is 1.51. The Morgan fingerprint density at radius 2 is 2.46 bits per heavy atom. The van der Waals surface area contributed by atoms with Gasteiger partial charge in [-0.2, -0.15) is 0 Å². The minimum Gasteiger partial charge on any atom is -0.481 e. The second kappa shape index (κ2) is 4.15. The van der Waals surface area contributed by atoms with Crippen LogP contribution in [0.25, 0.3) is 0 Å². The maximum atomic E-state index is 10.8. The van der Waals surface area contributed by atoms with Crippen LogP contribution in [-0.4, -0.2) is 29.6 Å². The van der Waals surface area contributed by atoms with Gasteiger partial charge in [0.2, 0.25) is 0 Å². The van der Waals surface area contributed by atoms with Crippen molar-refractivity contribution in [2.75, 3.05) is 12.3 Å². The lowest BCUT2D eigenvalue weighted by atomic mass is 9.97. The molecule has 0 aromatic carbocycles. The third-order valence-corrected chi connectivity index (χ3v) is 3.34. The van der Waals surface area contributed by atoms with Crippen molar-refractivity contribution in [1.29, 1.82) is 0 Å². The molecule has 3 nitrogen and oxygen atoms in total. The second-order valence-electron chi connectivity index (χ2n) is 2.88. The summed E-state index contributed by atoms with van der Waals surface area (Å²) in [6.45, 7) is 0.753. The Hall–Kier alpha value is -0.480. The highest BCUT2D eigenvalue weighted by Crippen LogP contribution is 2.38. The van der Waals surface area contributed by atoms with Crippen LogP contribution in [0.3, 0.4) is 0 Å². The Balaban J connectivity index is 0.000000845. The van der Waals surface area contributed by atoms with Crippen LogP contribution in [0.4, 0.5) is 0 Å². The number of halogens is 1. The van der Waals surface area contributed by atoms with Gasteiger partial charge in [0, 0.05) is 23.4 Å². The van der Waals surface area contributed by atoms with Crippen molar-refractivity contribution in [3.05, 3.63) is 10.5 Å². The normalized spacial score (nSPS) is 25.4. The first-order chi connectivity index (χ1) is 5.79. The maximum Gasteiger partial charge on any atom is 0.311 e. The molecule has 0 spiro atoms. The number of carbonyl (C=O) groups is 1. The summed E-state index contributed by atoms with van der Waals surface area (Å²) in [4.78, 5) is 16.0. The van der Waals surface area contributed by atoms with Crippen molar-refractivity contribution in [3.8, 4) is 0 Å². The third-order valence-electron chi connectivity index (χ3n) is 2.16. The van der Waals surface area contributed by atoms with Crippen molar-refractivity contribution in [3.63, 3.8) is 0 Å². The van der Waals surface area contributed by atoms with Gasteiger partial charge in [0.05, 0.1) is 5.92 Å². The molecule has 2 aliphatic rings. The maximum absolute atomic E-state index is 10.8. The number of carboxylic acids is 1. The minimum atomic E-state index is -0.692. The molecule has 0 amide bonds. The van der Waals surface area contributed by atoms with Gasteiger partial charge in [-0.1, -0.05) is 0 Å². The van der Waals surface area contributed by atoms with Gasteiger partial charge in [-0.05, 0) is 12.0 Å². The molecule has 1 N–H and O–H groups in total. The first-order valence-electron chi connectivity index (χ1n) is 3.87. The van der Waals surface area contributed by atoms with Crippen molar-refractivity contribution >= 4 is 36.4 Å². The predicted octanol–water partition coefficient (Wildman–Crippen LogP) is 1.58. The summed E-state index contributed by atoms with van der Waals surface area (Å²) in [5.41, 5.74) is 1.09. The number of hydrogen-bond donors (Lipinski definition) is 1. The zero-order chi connectivity index (χ0) is 8.55. The molecule has 0 aromatic heterocycles. The summed E-state index contributed by atoms with van der Waals surface area (Å²) >= 11 is 1.61. The molecule has 0 saturated carbocycles. The van der Waals surface area contributed by atoms with Gasteiger partial charge >= 0.3 is 5.97 Å². The lowest BCUT2D eigenvalue weighted by molar-refractivity contribution is -0.139. The molecular weight excluding hydrogens is 210 g/mol. The SMILES string of the molecule is Cl.O=C(O)C1CSC2=C1CCN=C2. The quantitative estimate of drug-likeness (QED) is 0.729. The molecule has 2 heterocycles. The standard InChI is InChI=1S/C8H9NO2S.ClH/c10-8(11)6-4-12-7-3-9-2-1-5(6)7;/h3,6H,1-2,4H2,(H,10,11);1H. The van der Waals surface area contributed by atoms with Crippen molar-refractivity contribution < 1.29 is 9.90 Å². The Bertz CT molecular complexity index is 288. The van der Waals surface area contributed by atoms with Gasteiger partial charge < -0.3 is 5.11 Å². The van der Waals surface area contributed by atoms with Gasteiger partial charge in [-0.3, -0.25) is 9.79 Å². The van der Waals surface area contributed by atoms with E-state index in [9.17, 15) is 4.79 Å². The molecule has 5 heteroatoms. The smallest absolute Gasteiger partial charge is 0.311 e. The fraction of sp³-hybridized carbons (Fsp3) is 0.500. The lowest BCUT2D eigenvalue weighted by Crippen LogP contribution is -2.17. The molecule has 72 valence electrons. The molecule has 0 bridgehead atoms. The van der Waals surface area contributed by atoms with E-state index in [-0.39, 0.29) is 18.3 Å². The number of thioether (sulfide) groups is 1. The van der Waals surface area contributed by atoms with Crippen LogP contribution in [0, 0.1) is 5.92 Å². The monoisotopic (exact) mass is 219 g/mol. The molecule has 1 atom stereocenters. The summed E-state index contributed by atoms with van der Waals surface area (Å²) in [5, 5.41) is 8.86. The van der Waals surface area contributed by atoms with Crippen molar-refractivity contribution in [2.45, 2.75) is 6.42 Å². The van der Waals surface area contributed by atoms with Gasteiger partial charge in [-0.25, -0.2) is 0 Å². The number of rotatable bonds is 1. The summed E-state index contributed by atoms with van der Waals surface area (Å²) < 4.78 is 0. The van der Waals surface area contributed by atoms with E-state index >= 15 is 0 Å². The molecule has 0 saturated heterocycles. The van der Waals surface area contributed by atoms with E-state index in [1.807, 2.05) is 6.21 Å². The van der Waals surface area contributed by atoms with E-state index in [1.165, 1.54) is 0 Å². The summed E-state index contributed by atoms with van der Waals surface area (Å²) in [6, 6.07) is 0. The van der Waals surface area contributed by atoms with Gasteiger partial charge in [0.1, 0.15) is 0 Å². The molecule has 0 aromatic rings. The van der Waals surface area contributed by atoms with Crippen LogP contribution in [0.15, 0.2) is 15.5 Å². The number of allylic oxidation sites excluding steroid dienone is 1. The van der Waals surface area contributed by atoms with Crippen molar-refractivity contribution in [1.82, 2.24) is 0 Å². The highest BCUT2D eigenvalue weighted by Gasteiger charge is 2.31. The Labute approximate surface area is 86.7 Å². The van der Waals surface area contributed by atoms with Gasteiger partial charge in [0.25, 0.3) is 0 Å². The second-order valence-corrected chi connectivity index (χ2v) is 3.94. The molecule has 2 aliphatic heterocycles. The highest BCUT2D eigenvalue weighted by atomic mass is 35.5. The molecule has 2 rings (SSSR count). The number of hydrogen-bond acceptors (Lipinski definition) is 3. The number of aliphatic carboxylic acids is 1. The van der Waals surface area contributed by atoms with Crippen LogP contribution in [0.2, 0.25) is 0 Å². The zero-order valence-corrected chi connectivity index (χ0v) is 8.53. The highest BCUT2D eigenvalue weighted by molar-refractivity contribution is 8.04. The van der Waals surface area contributed by atoms with Crippen LogP contribution in [0.1, 0.15) is 6.42 Å². The lowest BCUT2D eigenvalue weighted by Gasteiger charge is -2.10. The minimum absolute atomic E-state index is 0. The molecule has 0 fully saturated rings. The van der Waals surface area contributed by atoms with Gasteiger partial charge in [-0.15, -0.1) is 24.2 Å². The van der Waals surface area contributed by atoms with Crippen LogP contribution < -0.4 is 0 Å². The Morgan fingerprint density at radius 3 is 3.15 bits per heavy atom. The number of dihydropyridines is 1. The Kier molecular flexibility index (Phi) is 3.39. The largest absolute Gasteiger partial charge is 0.481 e.